The second-order valence-corrected chi connectivity index (χ2v) is 6.06. The molecule has 0 N–H and O–H groups in total. The van der Waals surface area contributed by atoms with Gasteiger partial charge in [-0.3, -0.25) is 4.79 Å². The largest absolute Gasteiger partial charge is 0.451 e. The van der Waals surface area contributed by atoms with E-state index in [1.54, 1.807) is 4.90 Å². The molecule has 0 saturated carbocycles. The van der Waals surface area contributed by atoms with E-state index in [1.807, 2.05) is 30.3 Å². The lowest BCUT2D eigenvalue weighted by atomic mass is 10.0. The highest BCUT2D eigenvalue weighted by Gasteiger charge is 2.19. The summed E-state index contributed by atoms with van der Waals surface area (Å²) in [6.45, 7) is 5.75. The average molecular weight is 342 g/mol. The quantitative estimate of drug-likeness (QED) is 0.465. The normalized spacial score (nSPS) is 15.0. The number of rotatable bonds is 5. The van der Waals surface area contributed by atoms with Gasteiger partial charge in [0, 0.05) is 13.1 Å². The van der Waals surface area contributed by atoms with Crippen LogP contribution in [0.25, 0.3) is 6.08 Å². The van der Waals surface area contributed by atoms with Crippen molar-refractivity contribution in [2.24, 2.45) is 0 Å². The fourth-order valence-corrected chi connectivity index (χ4v) is 2.39. The van der Waals surface area contributed by atoms with Gasteiger partial charge in [-0.1, -0.05) is 38.1 Å². The third-order valence-corrected chi connectivity index (χ3v) is 3.95. The van der Waals surface area contributed by atoms with Crippen molar-refractivity contribution in [1.29, 1.82) is 5.26 Å². The summed E-state index contributed by atoms with van der Waals surface area (Å²) in [4.78, 5) is 25.6. The Hall–Kier alpha value is -2.65. The molecule has 1 aromatic rings. The minimum absolute atomic E-state index is 0.132. The van der Waals surface area contributed by atoms with Gasteiger partial charge in [-0.2, -0.15) is 5.26 Å². The summed E-state index contributed by atoms with van der Waals surface area (Å²) in [5, 5.41) is 9.18. The van der Waals surface area contributed by atoms with E-state index in [4.69, 9.17) is 9.47 Å². The van der Waals surface area contributed by atoms with Crippen LogP contribution in [-0.2, 0) is 19.1 Å². The molecule has 0 radical (unpaired) electrons. The molecule has 2 rings (SSSR count). The Morgan fingerprint density at radius 1 is 1.28 bits per heavy atom. The fourth-order valence-electron chi connectivity index (χ4n) is 2.39. The molecular weight excluding hydrogens is 320 g/mol. The van der Waals surface area contributed by atoms with Crippen LogP contribution in [0.2, 0.25) is 0 Å². The third kappa shape index (κ3) is 5.44. The topological polar surface area (TPSA) is 79.6 Å². The second kappa shape index (κ2) is 9.00. The molecule has 132 valence electrons. The van der Waals surface area contributed by atoms with E-state index >= 15 is 0 Å². The SMILES string of the molecule is CC(C)c1ccc(/C=C(\C#N)C(=O)OCC(=O)N2CCOCC2)cc1. The number of hydrogen-bond donors (Lipinski definition) is 0. The predicted octanol–water partition coefficient (Wildman–Crippen LogP) is 2.12. The Morgan fingerprint density at radius 3 is 2.48 bits per heavy atom. The van der Waals surface area contributed by atoms with Crippen LogP contribution in [0.3, 0.4) is 0 Å². The Balaban J connectivity index is 1.95. The average Bonchev–Trinajstić information content (AvgIpc) is 2.64. The van der Waals surface area contributed by atoms with Crippen LogP contribution < -0.4 is 0 Å². The minimum Gasteiger partial charge on any atom is -0.451 e. The zero-order chi connectivity index (χ0) is 18.2. The molecule has 25 heavy (non-hydrogen) atoms. The van der Waals surface area contributed by atoms with Gasteiger partial charge >= 0.3 is 5.97 Å². The standard InChI is InChI=1S/C19H22N2O4/c1-14(2)16-5-3-15(4-6-16)11-17(12-20)19(23)25-13-18(22)21-7-9-24-10-8-21/h3-6,11,14H,7-10,13H2,1-2H3/b17-11+. The Morgan fingerprint density at radius 2 is 1.92 bits per heavy atom. The third-order valence-electron chi connectivity index (χ3n) is 3.95. The molecule has 0 bridgehead atoms. The van der Waals surface area contributed by atoms with Crippen molar-refractivity contribution in [3.8, 4) is 6.07 Å². The molecule has 0 unspecified atom stereocenters. The molecule has 1 aromatic carbocycles. The fraction of sp³-hybridized carbons (Fsp3) is 0.421. The van der Waals surface area contributed by atoms with E-state index < -0.39 is 5.97 Å². The molecule has 6 nitrogen and oxygen atoms in total. The number of nitriles is 1. The first kappa shape index (κ1) is 18.7. The highest BCUT2D eigenvalue weighted by atomic mass is 16.5. The number of benzene rings is 1. The number of morpholine rings is 1. The molecule has 1 heterocycles. The second-order valence-electron chi connectivity index (χ2n) is 6.06. The van der Waals surface area contributed by atoms with Gasteiger partial charge in [-0.25, -0.2) is 4.79 Å². The summed E-state index contributed by atoms with van der Waals surface area (Å²) >= 11 is 0. The van der Waals surface area contributed by atoms with E-state index in [0.29, 0.717) is 32.2 Å². The smallest absolute Gasteiger partial charge is 0.349 e. The van der Waals surface area contributed by atoms with Crippen LogP contribution in [0.15, 0.2) is 29.8 Å². The van der Waals surface area contributed by atoms with Gasteiger partial charge in [0.25, 0.3) is 5.91 Å². The zero-order valence-electron chi connectivity index (χ0n) is 14.5. The first-order valence-electron chi connectivity index (χ1n) is 8.25. The Bertz CT molecular complexity index is 680. The molecule has 1 amide bonds. The minimum atomic E-state index is -0.794. The van der Waals surface area contributed by atoms with E-state index in [0.717, 1.165) is 5.56 Å². The van der Waals surface area contributed by atoms with E-state index in [9.17, 15) is 14.9 Å². The first-order chi connectivity index (χ1) is 12.0. The lowest BCUT2D eigenvalue weighted by molar-refractivity contribution is -0.150. The molecule has 1 saturated heterocycles. The summed E-state index contributed by atoms with van der Waals surface area (Å²) in [5.41, 5.74) is 1.78. The van der Waals surface area contributed by atoms with Gasteiger partial charge in [0.1, 0.15) is 11.6 Å². The van der Waals surface area contributed by atoms with Gasteiger partial charge in [-0.05, 0) is 23.1 Å². The van der Waals surface area contributed by atoms with Gasteiger partial charge in [0.15, 0.2) is 6.61 Å². The van der Waals surface area contributed by atoms with Crippen LogP contribution in [-0.4, -0.2) is 49.7 Å². The van der Waals surface area contributed by atoms with E-state index in [1.165, 1.54) is 11.6 Å². The highest BCUT2D eigenvalue weighted by molar-refractivity contribution is 5.98. The number of hydrogen-bond acceptors (Lipinski definition) is 5. The predicted molar refractivity (Wildman–Crippen MR) is 92.5 cm³/mol. The maximum atomic E-state index is 12.0. The lowest BCUT2D eigenvalue weighted by Crippen LogP contribution is -2.42. The number of carbonyl (C=O) groups is 2. The van der Waals surface area contributed by atoms with Crippen molar-refractivity contribution in [3.05, 3.63) is 41.0 Å². The number of amides is 1. The van der Waals surface area contributed by atoms with Gasteiger partial charge in [0.2, 0.25) is 0 Å². The van der Waals surface area contributed by atoms with E-state index in [2.05, 4.69) is 13.8 Å². The van der Waals surface area contributed by atoms with Crippen molar-refractivity contribution in [3.63, 3.8) is 0 Å². The van der Waals surface area contributed by atoms with Crippen molar-refractivity contribution in [2.45, 2.75) is 19.8 Å². The maximum Gasteiger partial charge on any atom is 0.349 e. The number of ether oxygens (including phenoxy) is 2. The van der Waals surface area contributed by atoms with E-state index in [-0.39, 0.29) is 18.1 Å². The van der Waals surface area contributed by atoms with Crippen LogP contribution in [0.5, 0.6) is 0 Å². The highest BCUT2D eigenvalue weighted by Crippen LogP contribution is 2.16. The van der Waals surface area contributed by atoms with Crippen molar-refractivity contribution < 1.29 is 19.1 Å². The van der Waals surface area contributed by atoms with Crippen LogP contribution >= 0.6 is 0 Å². The first-order valence-corrected chi connectivity index (χ1v) is 8.25. The number of esters is 1. The van der Waals surface area contributed by atoms with Crippen LogP contribution in [0.1, 0.15) is 30.9 Å². The molecule has 1 aliphatic rings. The van der Waals surface area contributed by atoms with Gasteiger partial charge < -0.3 is 14.4 Å². The summed E-state index contributed by atoms with van der Waals surface area (Å²) in [6.07, 6.45) is 1.46. The van der Waals surface area contributed by atoms with Crippen LogP contribution in [0, 0.1) is 11.3 Å². The van der Waals surface area contributed by atoms with Gasteiger partial charge in [0.05, 0.1) is 13.2 Å². The molecule has 1 fully saturated rings. The lowest BCUT2D eigenvalue weighted by Gasteiger charge is -2.26. The molecule has 6 heteroatoms. The summed E-state index contributed by atoms with van der Waals surface area (Å²) in [6, 6.07) is 9.44. The zero-order valence-corrected chi connectivity index (χ0v) is 14.5. The monoisotopic (exact) mass is 342 g/mol. The molecule has 0 spiro atoms. The van der Waals surface area contributed by atoms with Gasteiger partial charge in [-0.15, -0.1) is 0 Å². The molecule has 1 aliphatic heterocycles. The summed E-state index contributed by atoms with van der Waals surface area (Å²) in [5.74, 6) is -0.670. The molecule has 0 aromatic heterocycles. The molecule has 0 atom stereocenters. The van der Waals surface area contributed by atoms with Crippen molar-refractivity contribution >= 4 is 18.0 Å². The maximum absolute atomic E-state index is 12.0. The number of nitrogens with zero attached hydrogens (tertiary/aromatic N) is 2. The Labute approximate surface area is 147 Å². The molecule has 0 aliphatic carbocycles. The van der Waals surface area contributed by atoms with Crippen LogP contribution in [0.4, 0.5) is 0 Å². The molecular formula is C19H22N2O4. The summed E-state index contributed by atoms with van der Waals surface area (Å²) < 4.78 is 10.1. The van der Waals surface area contributed by atoms with Crippen molar-refractivity contribution in [1.82, 2.24) is 4.90 Å². The summed E-state index contributed by atoms with van der Waals surface area (Å²) in [7, 11) is 0. The Kier molecular flexibility index (Phi) is 6.72. The number of carbonyl (C=O) groups excluding carboxylic acids is 2. The van der Waals surface area contributed by atoms with Crippen molar-refractivity contribution in [2.75, 3.05) is 32.9 Å².